The average Bonchev–Trinajstić information content (AvgIpc) is 2.65. The van der Waals surface area contributed by atoms with Crippen molar-refractivity contribution in [1.82, 2.24) is 5.32 Å². The van der Waals surface area contributed by atoms with Crippen LogP contribution >= 0.6 is 23.2 Å². The first-order valence-electron chi connectivity index (χ1n) is 8.53. The van der Waals surface area contributed by atoms with Gasteiger partial charge in [0.25, 0.3) is 0 Å². The predicted molar refractivity (Wildman–Crippen MR) is 113 cm³/mol. The third-order valence-corrected chi connectivity index (χ3v) is 5.84. The van der Waals surface area contributed by atoms with Crippen molar-refractivity contribution in [2.45, 2.75) is 25.9 Å². The van der Waals surface area contributed by atoms with Gasteiger partial charge in [0.1, 0.15) is 11.8 Å². The molecule has 28 heavy (non-hydrogen) atoms. The fourth-order valence-electron chi connectivity index (χ4n) is 2.84. The number of benzene rings is 2. The molecule has 1 amide bonds. The van der Waals surface area contributed by atoms with Crippen LogP contribution in [-0.4, -0.2) is 33.7 Å². The van der Waals surface area contributed by atoms with Gasteiger partial charge in [0.2, 0.25) is 15.9 Å². The molecule has 0 aromatic heterocycles. The molecule has 0 heterocycles. The summed E-state index contributed by atoms with van der Waals surface area (Å²) in [5.41, 5.74) is 0.941. The van der Waals surface area contributed by atoms with Crippen molar-refractivity contribution in [2.24, 2.45) is 0 Å². The Morgan fingerprint density at radius 2 is 1.89 bits per heavy atom. The molecule has 0 bridgehead atoms. The number of ether oxygens (including phenoxy) is 1. The van der Waals surface area contributed by atoms with E-state index >= 15 is 0 Å². The number of carbonyl (C=O) groups excluding carboxylic acids is 1. The van der Waals surface area contributed by atoms with Gasteiger partial charge in [-0.05, 0) is 30.7 Å². The number of nitrogens with one attached hydrogen (secondary N) is 1. The Morgan fingerprint density at radius 3 is 2.50 bits per heavy atom. The van der Waals surface area contributed by atoms with Gasteiger partial charge in [-0.1, -0.05) is 48.3 Å². The summed E-state index contributed by atoms with van der Waals surface area (Å²) in [4.78, 5) is 12.9. The second kappa shape index (κ2) is 9.49. The molecule has 0 radical (unpaired) electrons. The van der Waals surface area contributed by atoms with Crippen LogP contribution in [0, 0.1) is 0 Å². The molecule has 152 valence electrons. The van der Waals surface area contributed by atoms with Gasteiger partial charge in [0.15, 0.2) is 0 Å². The highest BCUT2D eigenvalue weighted by atomic mass is 35.5. The molecule has 0 aliphatic heterocycles. The van der Waals surface area contributed by atoms with Crippen LogP contribution in [0.3, 0.4) is 0 Å². The van der Waals surface area contributed by atoms with Gasteiger partial charge in [-0.15, -0.1) is 0 Å². The summed E-state index contributed by atoms with van der Waals surface area (Å²) in [7, 11) is -2.26. The normalized spacial score (nSPS) is 12.3. The summed E-state index contributed by atoms with van der Waals surface area (Å²) in [5, 5.41) is 3.28. The van der Waals surface area contributed by atoms with Crippen LogP contribution < -0.4 is 14.4 Å². The Labute approximate surface area is 175 Å². The number of nitrogens with zero attached hydrogens (tertiary/aromatic N) is 1. The lowest BCUT2D eigenvalue weighted by Gasteiger charge is -2.31. The lowest BCUT2D eigenvalue weighted by molar-refractivity contribution is -0.122. The monoisotopic (exact) mass is 444 g/mol. The smallest absolute Gasteiger partial charge is 0.244 e. The third kappa shape index (κ3) is 5.31. The molecule has 2 aromatic carbocycles. The number of carbonyl (C=O) groups is 1. The molecule has 1 unspecified atom stereocenters. The largest absolute Gasteiger partial charge is 0.496 e. The van der Waals surface area contributed by atoms with Gasteiger partial charge in [-0.3, -0.25) is 9.10 Å². The SMILES string of the molecule is CCC(C(=O)NCc1ccccc1OC)N(c1cc(Cl)ccc1Cl)S(C)(=O)=O. The minimum atomic E-state index is -3.80. The topological polar surface area (TPSA) is 75.7 Å². The van der Waals surface area contributed by atoms with Crippen LogP contribution in [0.2, 0.25) is 10.0 Å². The number of hydrogen-bond acceptors (Lipinski definition) is 4. The van der Waals surface area contributed by atoms with Crippen molar-refractivity contribution in [3.8, 4) is 5.75 Å². The molecule has 0 saturated carbocycles. The van der Waals surface area contributed by atoms with Gasteiger partial charge in [-0.25, -0.2) is 8.42 Å². The van der Waals surface area contributed by atoms with Crippen LogP contribution in [0.5, 0.6) is 5.75 Å². The number of para-hydroxylation sites is 1. The van der Waals surface area contributed by atoms with Gasteiger partial charge in [-0.2, -0.15) is 0 Å². The van der Waals surface area contributed by atoms with E-state index < -0.39 is 22.0 Å². The minimum Gasteiger partial charge on any atom is -0.496 e. The molecule has 2 rings (SSSR count). The van der Waals surface area contributed by atoms with E-state index in [1.807, 2.05) is 18.2 Å². The van der Waals surface area contributed by atoms with Crippen molar-refractivity contribution >= 4 is 44.8 Å². The van der Waals surface area contributed by atoms with Gasteiger partial charge in [0.05, 0.1) is 24.1 Å². The van der Waals surface area contributed by atoms with E-state index in [0.29, 0.717) is 10.8 Å². The van der Waals surface area contributed by atoms with E-state index in [1.165, 1.54) is 12.1 Å². The van der Waals surface area contributed by atoms with Crippen molar-refractivity contribution in [3.05, 3.63) is 58.1 Å². The highest BCUT2D eigenvalue weighted by molar-refractivity contribution is 7.92. The number of hydrogen-bond donors (Lipinski definition) is 1. The maximum atomic E-state index is 12.9. The van der Waals surface area contributed by atoms with Crippen LogP contribution in [0.25, 0.3) is 0 Å². The van der Waals surface area contributed by atoms with Gasteiger partial charge >= 0.3 is 0 Å². The molecule has 0 aliphatic rings. The molecule has 0 spiro atoms. The Bertz CT molecular complexity index is 951. The summed E-state index contributed by atoms with van der Waals surface area (Å²) < 4.78 is 31.3. The maximum absolute atomic E-state index is 12.9. The van der Waals surface area contributed by atoms with E-state index in [4.69, 9.17) is 27.9 Å². The first kappa shape index (κ1) is 22.3. The highest BCUT2D eigenvalue weighted by Gasteiger charge is 2.32. The van der Waals surface area contributed by atoms with E-state index in [-0.39, 0.29) is 23.7 Å². The lowest BCUT2D eigenvalue weighted by Crippen LogP contribution is -2.49. The summed E-state index contributed by atoms with van der Waals surface area (Å²) >= 11 is 12.2. The molecule has 2 aromatic rings. The summed E-state index contributed by atoms with van der Waals surface area (Å²) in [5.74, 6) is 0.184. The number of amides is 1. The zero-order valence-electron chi connectivity index (χ0n) is 15.8. The molecule has 1 atom stereocenters. The second-order valence-electron chi connectivity index (χ2n) is 6.11. The minimum absolute atomic E-state index is 0.163. The average molecular weight is 445 g/mol. The highest BCUT2D eigenvalue weighted by Crippen LogP contribution is 2.33. The van der Waals surface area contributed by atoms with Crippen molar-refractivity contribution < 1.29 is 17.9 Å². The quantitative estimate of drug-likeness (QED) is 0.670. The number of halogens is 2. The summed E-state index contributed by atoms with van der Waals surface area (Å²) in [6, 6.07) is 10.8. The number of anilines is 1. The Hall–Kier alpha value is -1.96. The molecule has 0 aliphatic carbocycles. The molecule has 0 fully saturated rings. The molecular formula is C19H22Cl2N2O4S. The van der Waals surface area contributed by atoms with E-state index in [0.717, 1.165) is 16.1 Å². The number of methoxy groups -OCH3 is 1. The predicted octanol–water partition coefficient (Wildman–Crippen LogP) is 3.86. The Balaban J connectivity index is 2.33. The molecule has 9 heteroatoms. The van der Waals surface area contributed by atoms with E-state index in [2.05, 4.69) is 5.32 Å². The van der Waals surface area contributed by atoms with Crippen molar-refractivity contribution in [3.63, 3.8) is 0 Å². The van der Waals surface area contributed by atoms with E-state index in [1.54, 1.807) is 26.2 Å². The Kier molecular flexibility index (Phi) is 7.57. The summed E-state index contributed by atoms with van der Waals surface area (Å²) in [6.45, 7) is 1.92. The summed E-state index contributed by atoms with van der Waals surface area (Å²) in [6.07, 6.45) is 1.27. The number of rotatable bonds is 8. The second-order valence-corrected chi connectivity index (χ2v) is 8.81. The third-order valence-electron chi connectivity index (χ3n) is 4.12. The van der Waals surface area contributed by atoms with Crippen molar-refractivity contribution in [1.29, 1.82) is 0 Å². The van der Waals surface area contributed by atoms with Crippen LogP contribution in [-0.2, 0) is 21.4 Å². The van der Waals surface area contributed by atoms with Gasteiger partial charge in [0, 0.05) is 17.1 Å². The zero-order chi connectivity index (χ0) is 20.9. The van der Waals surface area contributed by atoms with Crippen LogP contribution in [0.4, 0.5) is 5.69 Å². The van der Waals surface area contributed by atoms with Crippen LogP contribution in [0.1, 0.15) is 18.9 Å². The fraction of sp³-hybridized carbons (Fsp3) is 0.316. The van der Waals surface area contributed by atoms with Crippen LogP contribution in [0.15, 0.2) is 42.5 Å². The molecular weight excluding hydrogens is 423 g/mol. The van der Waals surface area contributed by atoms with Gasteiger partial charge < -0.3 is 10.1 Å². The fourth-order valence-corrected chi connectivity index (χ4v) is 4.48. The first-order valence-corrected chi connectivity index (χ1v) is 11.1. The molecule has 1 N–H and O–H groups in total. The van der Waals surface area contributed by atoms with Crippen molar-refractivity contribution in [2.75, 3.05) is 17.7 Å². The standard InChI is InChI=1S/C19H22Cl2N2O4S/c1-4-16(19(24)22-12-13-7-5-6-8-18(13)27-2)23(28(3,25)26)17-11-14(20)9-10-15(17)21/h5-11,16H,4,12H2,1-3H3,(H,22,24). The zero-order valence-corrected chi connectivity index (χ0v) is 18.1. The first-order chi connectivity index (χ1) is 13.2. The molecule has 0 saturated heterocycles. The van der Waals surface area contributed by atoms with E-state index in [9.17, 15) is 13.2 Å². The molecule has 6 nitrogen and oxygen atoms in total. The number of sulfonamides is 1. The Morgan fingerprint density at radius 1 is 1.21 bits per heavy atom. The maximum Gasteiger partial charge on any atom is 0.244 e. The lowest BCUT2D eigenvalue weighted by atomic mass is 10.1.